The number of aryl methyl sites for hydroxylation is 2. The van der Waals surface area contributed by atoms with Crippen LogP contribution in [0.5, 0.6) is 0 Å². The van der Waals surface area contributed by atoms with E-state index in [9.17, 15) is 4.79 Å². The topological polar surface area (TPSA) is 44.4 Å². The lowest BCUT2D eigenvalue weighted by Crippen LogP contribution is -2.04. The number of esters is 1. The molecular formula is C23H23NO3. The third-order valence-electron chi connectivity index (χ3n) is 4.40. The van der Waals surface area contributed by atoms with Crippen molar-refractivity contribution in [3.05, 3.63) is 96.7 Å². The molecule has 4 heteroatoms. The zero-order valence-electron chi connectivity index (χ0n) is 15.5. The van der Waals surface area contributed by atoms with Gasteiger partial charge >= 0.3 is 5.97 Å². The van der Waals surface area contributed by atoms with Crippen LogP contribution in [0.1, 0.15) is 34.2 Å². The summed E-state index contributed by atoms with van der Waals surface area (Å²) in [6.45, 7) is 10.1. The first-order valence-corrected chi connectivity index (χ1v) is 8.95. The highest BCUT2D eigenvalue weighted by atomic mass is 16.5. The molecule has 0 fully saturated rings. The quantitative estimate of drug-likeness (QED) is 0.407. The Morgan fingerprint density at radius 3 is 2.59 bits per heavy atom. The zero-order valence-corrected chi connectivity index (χ0v) is 15.5. The van der Waals surface area contributed by atoms with Crippen LogP contribution in [0.15, 0.2) is 78.7 Å². The third kappa shape index (κ3) is 4.29. The van der Waals surface area contributed by atoms with Crippen molar-refractivity contribution in [3.8, 4) is 5.69 Å². The van der Waals surface area contributed by atoms with Crippen LogP contribution in [-0.4, -0.2) is 17.1 Å². The van der Waals surface area contributed by atoms with Gasteiger partial charge in [-0.25, -0.2) is 4.79 Å². The van der Waals surface area contributed by atoms with Crippen LogP contribution in [0.2, 0.25) is 0 Å². The van der Waals surface area contributed by atoms with E-state index < -0.39 is 0 Å². The van der Waals surface area contributed by atoms with Crippen molar-refractivity contribution < 1.29 is 13.9 Å². The van der Waals surface area contributed by atoms with E-state index >= 15 is 0 Å². The Hall–Kier alpha value is -3.27. The number of ether oxygens (including phenoxy) is 1. The Bertz CT molecular complexity index is 931. The second-order valence-electron chi connectivity index (χ2n) is 6.18. The van der Waals surface area contributed by atoms with Crippen molar-refractivity contribution in [3.63, 3.8) is 0 Å². The molecule has 0 atom stereocenters. The molecule has 0 aliphatic rings. The molecule has 3 rings (SSSR count). The van der Waals surface area contributed by atoms with Crippen LogP contribution in [0.4, 0.5) is 0 Å². The van der Waals surface area contributed by atoms with Gasteiger partial charge in [-0.05, 0) is 60.9 Å². The fraction of sp³-hybridized carbons (Fsp3) is 0.174. The summed E-state index contributed by atoms with van der Waals surface area (Å²) in [5.74, 6) is 0.646. The fourth-order valence-electron chi connectivity index (χ4n) is 2.94. The maximum absolute atomic E-state index is 11.8. The van der Waals surface area contributed by atoms with E-state index in [4.69, 9.17) is 9.15 Å². The monoisotopic (exact) mass is 361 g/mol. The van der Waals surface area contributed by atoms with Crippen LogP contribution in [-0.2, 0) is 17.6 Å². The minimum absolute atomic E-state index is 0.309. The van der Waals surface area contributed by atoms with E-state index in [1.807, 2.05) is 35.0 Å². The highest BCUT2D eigenvalue weighted by Gasteiger charge is 2.12. The molecule has 0 radical (unpaired) electrons. The van der Waals surface area contributed by atoms with Crippen molar-refractivity contribution in [1.29, 1.82) is 0 Å². The number of aromatic nitrogens is 1. The zero-order chi connectivity index (χ0) is 19.2. The Labute approximate surface area is 159 Å². The van der Waals surface area contributed by atoms with Crippen LogP contribution < -0.4 is 0 Å². The molecule has 0 N–H and O–H groups in total. The van der Waals surface area contributed by atoms with E-state index in [1.165, 1.54) is 5.56 Å². The molecule has 0 spiro atoms. The maximum Gasteiger partial charge on any atom is 0.338 e. The minimum atomic E-state index is -0.309. The molecule has 0 aliphatic carbocycles. The molecule has 1 aromatic carbocycles. The molecule has 0 aliphatic heterocycles. The average molecular weight is 361 g/mol. The number of hydrogen-bond donors (Lipinski definition) is 0. The van der Waals surface area contributed by atoms with E-state index in [0.717, 1.165) is 35.4 Å². The second kappa shape index (κ2) is 8.41. The lowest BCUT2D eigenvalue weighted by molar-refractivity contribution is 0.0526. The van der Waals surface area contributed by atoms with Gasteiger partial charge in [0.05, 0.1) is 18.4 Å². The summed E-state index contributed by atoms with van der Waals surface area (Å²) in [5, 5.41) is 0. The molecule has 2 aromatic heterocycles. The summed E-state index contributed by atoms with van der Waals surface area (Å²) in [6.07, 6.45) is 9.24. The van der Waals surface area contributed by atoms with Crippen molar-refractivity contribution in [1.82, 2.24) is 4.57 Å². The van der Waals surface area contributed by atoms with E-state index in [-0.39, 0.29) is 5.97 Å². The predicted octanol–water partition coefficient (Wildman–Crippen LogP) is 5.23. The first kappa shape index (κ1) is 18.5. The van der Waals surface area contributed by atoms with Crippen molar-refractivity contribution in [2.24, 2.45) is 0 Å². The minimum Gasteiger partial charge on any atom is -0.469 e. The molecule has 138 valence electrons. The van der Waals surface area contributed by atoms with E-state index in [2.05, 4.69) is 19.4 Å². The van der Waals surface area contributed by atoms with Crippen LogP contribution >= 0.6 is 0 Å². The molecule has 0 bridgehead atoms. The van der Waals surface area contributed by atoms with Gasteiger partial charge in [-0.2, -0.15) is 0 Å². The number of rotatable bonds is 8. The van der Waals surface area contributed by atoms with Gasteiger partial charge < -0.3 is 13.7 Å². The van der Waals surface area contributed by atoms with Crippen molar-refractivity contribution in [2.45, 2.75) is 19.8 Å². The summed E-state index contributed by atoms with van der Waals surface area (Å²) in [4.78, 5) is 11.8. The molecule has 3 aromatic rings. The summed E-state index contributed by atoms with van der Waals surface area (Å²) in [5.41, 5.74) is 4.62. The number of carbonyl (C=O) groups is 1. The SMILES string of the molecule is C=CC(=C)c1cn(-c2ccc(C(=O)OCC)cc2)cc1CCc1ccco1. The highest BCUT2D eigenvalue weighted by Crippen LogP contribution is 2.24. The molecule has 2 heterocycles. The number of hydrogen-bond acceptors (Lipinski definition) is 3. The number of nitrogens with zero attached hydrogens (tertiary/aromatic N) is 1. The first-order chi connectivity index (χ1) is 13.1. The molecular weight excluding hydrogens is 338 g/mol. The predicted molar refractivity (Wildman–Crippen MR) is 107 cm³/mol. The Morgan fingerprint density at radius 1 is 1.19 bits per heavy atom. The maximum atomic E-state index is 11.8. The van der Waals surface area contributed by atoms with Crippen LogP contribution in [0.3, 0.4) is 0 Å². The summed E-state index contributed by atoms with van der Waals surface area (Å²) in [7, 11) is 0. The fourth-order valence-corrected chi connectivity index (χ4v) is 2.94. The number of carbonyl (C=O) groups excluding carboxylic acids is 1. The van der Waals surface area contributed by atoms with Crippen molar-refractivity contribution in [2.75, 3.05) is 6.61 Å². The Morgan fingerprint density at radius 2 is 1.96 bits per heavy atom. The van der Waals surface area contributed by atoms with E-state index in [1.54, 1.807) is 31.4 Å². The molecule has 0 amide bonds. The molecule has 0 saturated carbocycles. The summed E-state index contributed by atoms with van der Waals surface area (Å²) >= 11 is 0. The molecule has 0 unspecified atom stereocenters. The van der Waals surface area contributed by atoms with Gasteiger partial charge in [0, 0.05) is 30.1 Å². The summed E-state index contributed by atoms with van der Waals surface area (Å²) < 4.78 is 12.5. The average Bonchev–Trinajstić information content (AvgIpc) is 3.36. The second-order valence-corrected chi connectivity index (χ2v) is 6.18. The van der Waals surface area contributed by atoms with Gasteiger partial charge in [-0.15, -0.1) is 0 Å². The van der Waals surface area contributed by atoms with Crippen LogP contribution in [0, 0.1) is 0 Å². The normalized spacial score (nSPS) is 10.6. The first-order valence-electron chi connectivity index (χ1n) is 8.95. The number of furan rings is 1. The van der Waals surface area contributed by atoms with Gasteiger partial charge in [0.1, 0.15) is 5.76 Å². The summed E-state index contributed by atoms with van der Waals surface area (Å²) in [6, 6.07) is 11.2. The number of allylic oxidation sites excluding steroid dienone is 2. The molecule has 4 nitrogen and oxygen atoms in total. The molecule has 27 heavy (non-hydrogen) atoms. The Kier molecular flexibility index (Phi) is 5.77. The standard InChI is InChI=1S/C23H23NO3/c1-4-17(3)22-16-24(15-19(22)10-13-21-7-6-14-27-21)20-11-8-18(9-12-20)23(25)26-5-2/h4,6-9,11-12,14-16H,1,3,5,10,13H2,2H3. The van der Waals surface area contributed by atoms with E-state index in [0.29, 0.717) is 12.2 Å². The molecule has 0 saturated heterocycles. The van der Waals surface area contributed by atoms with Gasteiger partial charge in [-0.3, -0.25) is 0 Å². The van der Waals surface area contributed by atoms with Gasteiger partial charge in [-0.1, -0.05) is 19.2 Å². The third-order valence-corrected chi connectivity index (χ3v) is 4.40. The Balaban J connectivity index is 1.85. The lowest BCUT2D eigenvalue weighted by Gasteiger charge is -2.05. The van der Waals surface area contributed by atoms with Gasteiger partial charge in [0.2, 0.25) is 0 Å². The number of benzene rings is 1. The van der Waals surface area contributed by atoms with Crippen LogP contribution in [0.25, 0.3) is 11.3 Å². The highest BCUT2D eigenvalue weighted by molar-refractivity contribution is 5.89. The largest absolute Gasteiger partial charge is 0.469 e. The van der Waals surface area contributed by atoms with Gasteiger partial charge in [0.15, 0.2) is 0 Å². The van der Waals surface area contributed by atoms with Gasteiger partial charge in [0.25, 0.3) is 0 Å². The smallest absolute Gasteiger partial charge is 0.338 e. The van der Waals surface area contributed by atoms with Crippen molar-refractivity contribution >= 4 is 11.5 Å². The lowest BCUT2D eigenvalue weighted by atomic mass is 10.0.